The van der Waals surface area contributed by atoms with Crippen LogP contribution in [-0.4, -0.2) is 33.5 Å². The van der Waals surface area contributed by atoms with E-state index < -0.39 is 10.0 Å². The van der Waals surface area contributed by atoms with Crippen molar-refractivity contribution in [1.29, 1.82) is 0 Å². The Morgan fingerprint density at radius 2 is 2.23 bits per heavy atom. The maximum absolute atomic E-state index is 11.6. The number of sulfonamides is 1. The first kappa shape index (κ1) is 14.2. The summed E-state index contributed by atoms with van der Waals surface area (Å²) in [5, 5.41) is 3.64. The number of nitrogens with one attached hydrogen (secondary N) is 2. The lowest BCUT2D eigenvalue weighted by atomic mass is 9.64. The number of hydrogen-bond donors (Lipinski definition) is 2. The van der Waals surface area contributed by atoms with Gasteiger partial charge in [-0.15, -0.1) is 0 Å². The minimum atomic E-state index is -3.28. The largest absolute Gasteiger partial charge is 0.313 e. The van der Waals surface area contributed by atoms with Gasteiger partial charge >= 0.3 is 0 Å². The molecule has 6 heteroatoms. The fraction of sp³-hybridized carbons (Fsp3) is 0.562. The molecule has 0 saturated carbocycles. The second-order valence-electron chi connectivity index (χ2n) is 7.02. The summed E-state index contributed by atoms with van der Waals surface area (Å²) >= 11 is 0. The molecule has 4 rings (SSSR count). The highest BCUT2D eigenvalue weighted by molar-refractivity contribution is 7.92. The molecule has 2 heterocycles. The zero-order valence-electron chi connectivity index (χ0n) is 12.9. The van der Waals surface area contributed by atoms with Crippen molar-refractivity contribution in [2.75, 3.05) is 17.5 Å². The molecule has 118 valence electrons. The molecule has 0 bridgehead atoms. The van der Waals surface area contributed by atoms with E-state index in [1.54, 1.807) is 0 Å². The Hall–Kier alpha value is -1.40. The van der Waals surface area contributed by atoms with Crippen molar-refractivity contribution >= 4 is 27.6 Å². The molecule has 3 atom stereocenters. The third kappa shape index (κ3) is 2.16. The Kier molecular flexibility index (Phi) is 2.94. The van der Waals surface area contributed by atoms with Crippen LogP contribution in [0.25, 0.3) is 0 Å². The van der Waals surface area contributed by atoms with E-state index in [4.69, 9.17) is 0 Å². The van der Waals surface area contributed by atoms with E-state index in [1.165, 1.54) is 17.4 Å². The van der Waals surface area contributed by atoms with Crippen LogP contribution in [0.5, 0.6) is 0 Å². The highest BCUT2D eigenvalue weighted by Crippen LogP contribution is 2.52. The summed E-state index contributed by atoms with van der Waals surface area (Å²) in [7, 11) is -3.28. The van der Waals surface area contributed by atoms with Crippen molar-refractivity contribution in [3.8, 4) is 0 Å². The molecule has 1 unspecified atom stereocenters. The maximum Gasteiger partial charge on any atom is 0.229 e. The topological polar surface area (TPSA) is 70.6 Å². The molecule has 22 heavy (non-hydrogen) atoms. The minimum absolute atomic E-state index is 0.0280. The SMILES string of the molecule is CC12C=Nc3cc(NS(C)(=O)=O)cc(c31)[C@H]1CCCN[C@@H]1C2. The van der Waals surface area contributed by atoms with E-state index in [2.05, 4.69) is 22.0 Å². The lowest BCUT2D eigenvalue weighted by molar-refractivity contribution is 0.287. The fourth-order valence-corrected chi connectivity index (χ4v) is 4.91. The number of hydrogen-bond acceptors (Lipinski definition) is 4. The number of fused-ring (bicyclic) bond motifs is 2. The molecule has 1 aliphatic carbocycles. The van der Waals surface area contributed by atoms with E-state index in [9.17, 15) is 8.42 Å². The molecule has 2 aliphatic heterocycles. The Bertz CT molecular complexity index is 772. The Morgan fingerprint density at radius 3 is 3.00 bits per heavy atom. The lowest BCUT2D eigenvalue weighted by Crippen LogP contribution is -2.48. The first-order valence-corrected chi connectivity index (χ1v) is 9.70. The predicted molar refractivity (Wildman–Crippen MR) is 88.8 cm³/mol. The molecule has 5 nitrogen and oxygen atoms in total. The molecule has 0 spiro atoms. The number of piperidine rings is 1. The van der Waals surface area contributed by atoms with Crippen molar-refractivity contribution in [3.05, 3.63) is 23.3 Å². The molecule has 0 aromatic heterocycles. The monoisotopic (exact) mass is 319 g/mol. The van der Waals surface area contributed by atoms with Crippen LogP contribution in [0.1, 0.15) is 43.2 Å². The second kappa shape index (κ2) is 4.55. The van der Waals surface area contributed by atoms with Crippen LogP contribution in [0.4, 0.5) is 11.4 Å². The molecule has 1 aromatic carbocycles. The molecule has 1 fully saturated rings. The van der Waals surface area contributed by atoms with Gasteiger partial charge in [0.1, 0.15) is 0 Å². The van der Waals surface area contributed by atoms with Crippen molar-refractivity contribution < 1.29 is 8.42 Å². The quantitative estimate of drug-likeness (QED) is 0.878. The summed E-state index contributed by atoms with van der Waals surface area (Å²) in [4.78, 5) is 4.59. The summed E-state index contributed by atoms with van der Waals surface area (Å²) < 4.78 is 25.7. The van der Waals surface area contributed by atoms with Crippen molar-refractivity contribution in [1.82, 2.24) is 5.32 Å². The van der Waals surface area contributed by atoms with Crippen LogP contribution in [0, 0.1) is 0 Å². The zero-order chi connectivity index (χ0) is 15.5. The number of nitrogens with zero attached hydrogens (tertiary/aromatic N) is 1. The molecule has 1 saturated heterocycles. The van der Waals surface area contributed by atoms with Gasteiger partial charge in [-0.05, 0) is 55.0 Å². The normalized spacial score (nSPS) is 32.5. The Labute approximate surface area is 131 Å². The van der Waals surface area contributed by atoms with E-state index >= 15 is 0 Å². The van der Waals surface area contributed by atoms with Gasteiger partial charge in [0.2, 0.25) is 10.0 Å². The minimum Gasteiger partial charge on any atom is -0.313 e. The predicted octanol–water partition coefficient (Wildman–Crippen LogP) is 2.27. The molecule has 0 radical (unpaired) electrons. The molecule has 3 aliphatic rings. The Morgan fingerprint density at radius 1 is 1.41 bits per heavy atom. The summed E-state index contributed by atoms with van der Waals surface area (Å²) in [6.45, 7) is 3.31. The van der Waals surface area contributed by atoms with Gasteiger partial charge in [0.05, 0.1) is 17.6 Å². The van der Waals surface area contributed by atoms with E-state index in [0.29, 0.717) is 17.6 Å². The van der Waals surface area contributed by atoms with Crippen LogP contribution in [0.2, 0.25) is 0 Å². The average molecular weight is 319 g/mol. The van der Waals surface area contributed by atoms with E-state index in [1.807, 2.05) is 18.3 Å². The van der Waals surface area contributed by atoms with E-state index in [0.717, 1.165) is 31.5 Å². The second-order valence-corrected chi connectivity index (χ2v) is 8.77. The van der Waals surface area contributed by atoms with Crippen LogP contribution in [0.3, 0.4) is 0 Å². The molecular weight excluding hydrogens is 298 g/mol. The van der Waals surface area contributed by atoms with Gasteiger partial charge in [0.25, 0.3) is 0 Å². The summed E-state index contributed by atoms with van der Waals surface area (Å²) in [5.74, 6) is 0.457. The number of anilines is 1. The van der Waals surface area contributed by atoms with Crippen LogP contribution in [0.15, 0.2) is 17.1 Å². The summed E-state index contributed by atoms with van der Waals surface area (Å²) in [5.41, 5.74) is 4.10. The zero-order valence-corrected chi connectivity index (χ0v) is 13.7. The fourth-order valence-electron chi connectivity index (χ4n) is 4.37. The first-order valence-electron chi connectivity index (χ1n) is 7.81. The van der Waals surface area contributed by atoms with Crippen LogP contribution >= 0.6 is 0 Å². The number of aliphatic imine (C=N–C) groups is 1. The third-order valence-electron chi connectivity index (χ3n) is 5.14. The van der Waals surface area contributed by atoms with Gasteiger partial charge in [-0.1, -0.05) is 6.92 Å². The van der Waals surface area contributed by atoms with Gasteiger partial charge in [-0.2, -0.15) is 0 Å². The van der Waals surface area contributed by atoms with Crippen LogP contribution in [-0.2, 0) is 15.4 Å². The molecule has 2 N–H and O–H groups in total. The third-order valence-corrected chi connectivity index (χ3v) is 5.75. The molecule has 1 aromatic rings. The lowest BCUT2D eigenvalue weighted by Gasteiger charge is -2.44. The highest BCUT2D eigenvalue weighted by Gasteiger charge is 2.45. The number of benzene rings is 1. The van der Waals surface area contributed by atoms with Crippen LogP contribution < -0.4 is 10.0 Å². The highest BCUT2D eigenvalue weighted by atomic mass is 32.2. The van der Waals surface area contributed by atoms with Gasteiger partial charge in [-0.25, -0.2) is 8.42 Å². The van der Waals surface area contributed by atoms with Crippen molar-refractivity contribution in [3.63, 3.8) is 0 Å². The first-order chi connectivity index (χ1) is 10.4. The van der Waals surface area contributed by atoms with Gasteiger partial charge in [0.15, 0.2) is 0 Å². The van der Waals surface area contributed by atoms with E-state index in [-0.39, 0.29) is 5.41 Å². The smallest absolute Gasteiger partial charge is 0.229 e. The van der Waals surface area contributed by atoms with Gasteiger partial charge in [0, 0.05) is 17.7 Å². The average Bonchev–Trinajstić information content (AvgIpc) is 2.75. The summed E-state index contributed by atoms with van der Waals surface area (Å²) in [6, 6.07) is 4.34. The molecular formula is C16H21N3O2S. The summed E-state index contributed by atoms with van der Waals surface area (Å²) in [6.07, 6.45) is 6.61. The maximum atomic E-state index is 11.6. The standard InChI is InChI=1S/C16H21N3O2S/c1-16-8-14-11(4-3-5-17-14)12-6-10(19-22(2,20)21)7-13(15(12)16)18-9-16/h6-7,9,11,14,17,19H,3-5,8H2,1-2H3/t11-,14-,16?/m1/s1. The van der Waals surface area contributed by atoms with Crippen molar-refractivity contribution in [2.45, 2.75) is 43.6 Å². The van der Waals surface area contributed by atoms with Gasteiger partial charge in [-0.3, -0.25) is 9.71 Å². The molecule has 0 amide bonds. The van der Waals surface area contributed by atoms with Crippen molar-refractivity contribution in [2.24, 2.45) is 4.99 Å². The Balaban J connectivity index is 1.87. The van der Waals surface area contributed by atoms with Gasteiger partial charge < -0.3 is 5.32 Å². The number of rotatable bonds is 2.